The molecule has 1 aliphatic heterocycles. The lowest BCUT2D eigenvalue weighted by molar-refractivity contribution is -0.129. The molecule has 1 aromatic heterocycles. The molecule has 2 heterocycles. The van der Waals surface area contributed by atoms with Gasteiger partial charge in [0.2, 0.25) is 11.9 Å². The quantitative estimate of drug-likeness (QED) is 0.842. The second-order valence-corrected chi connectivity index (χ2v) is 8.99. The third-order valence-corrected chi connectivity index (χ3v) is 6.17. The van der Waals surface area contributed by atoms with Crippen LogP contribution in [0.25, 0.3) is 11.0 Å². The smallest absolute Gasteiger partial charge is 0.328 e. The van der Waals surface area contributed by atoms with Crippen LogP contribution in [0.4, 0.5) is 10.7 Å². The number of hydrogen-bond acceptors (Lipinski definition) is 4. The summed E-state index contributed by atoms with van der Waals surface area (Å²) in [5.41, 5.74) is 1.91. The predicted octanol–water partition coefficient (Wildman–Crippen LogP) is 3.09. The minimum Gasteiger partial charge on any atom is -0.339 e. The number of carbonyl (C=O) groups excluding carboxylic acids is 2. The number of piperazine rings is 1. The van der Waals surface area contributed by atoms with E-state index >= 15 is 0 Å². The summed E-state index contributed by atoms with van der Waals surface area (Å²) in [4.78, 5) is 33.6. The summed E-state index contributed by atoms with van der Waals surface area (Å²) in [6.07, 6.45) is 3.53. The van der Waals surface area contributed by atoms with Gasteiger partial charge < -0.3 is 15.1 Å². The first-order chi connectivity index (χ1) is 13.9. The van der Waals surface area contributed by atoms with E-state index < -0.39 is 0 Å². The Morgan fingerprint density at radius 1 is 1.14 bits per heavy atom. The van der Waals surface area contributed by atoms with Gasteiger partial charge in [0, 0.05) is 39.6 Å². The van der Waals surface area contributed by atoms with Crippen LogP contribution in [-0.4, -0.2) is 59.1 Å². The zero-order chi connectivity index (χ0) is 20.6. The Morgan fingerprint density at radius 2 is 1.83 bits per heavy atom. The van der Waals surface area contributed by atoms with Crippen molar-refractivity contribution in [1.82, 2.24) is 19.8 Å². The second kappa shape index (κ2) is 7.69. The zero-order valence-corrected chi connectivity index (χ0v) is 17.6. The van der Waals surface area contributed by atoms with Gasteiger partial charge in [0.05, 0.1) is 11.0 Å². The number of rotatable bonds is 5. The van der Waals surface area contributed by atoms with E-state index in [1.807, 2.05) is 29.2 Å². The maximum Gasteiger partial charge on any atom is 0.328 e. The molecule has 0 spiro atoms. The molecule has 29 heavy (non-hydrogen) atoms. The normalized spacial score (nSPS) is 18.3. The molecule has 0 unspecified atom stereocenters. The molecule has 4 rings (SSSR count). The lowest BCUT2D eigenvalue weighted by Gasteiger charge is -2.34. The highest BCUT2D eigenvalue weighted by Crippen LogP contribution is 2.50. The minimum absolute atomic E-state index is 0.0933. The first-order valence-electron chi connectivity index (χ1n) is 10.6. The van der Waals surface area contributed by atoms with Crippen molar-refractivity contribution in [1.29, 1.82) is 0 Å². The van der Waals surface area contributed by atoms with Crippen molar-refractivity contribution in [2.45, 2.75) is 40.0 Å². The molecule has 156 valence electrons. The van der Waals surface area contributed by atoms with Gasteiger partial charge in [0.25, 0.3) is 0 Å². The summed E-state index contributed by atoms with van der Waals surface area (Å²) in [7, 11) is 0. The number of hydrogen-bond donors (Lipinski definition) is 1. The number of carbonyl (C=O) groups is 2. The molecule has 1 N–H and O–H groups in total. The van der Waals surface area contributed by atoms with Gasteiger partial charge in [-0.15, -0.1) is 0 Å². The Balaban J connectivity index is 1.56. The average molecular weight is 398 g/mol. The first kappa shape index (κ1) is 19.7. The maximum absolute atomic E-state index is 13.2. The molecule has 1 aromatic carbocycles. The van der Waals surface area contributed by atoms with Crippen LogP contribution < -0.4 is 10.2 Å². The van der Waals surface area contributed by atoms with E-state index in [4.69, 9.17) is 4.98 Å². The number of fused-ring (bicyclic) bond motifs is 1. The Morgan fingerprint density at radius 3 is 2.45 bits per heavy atom. The topological polar surface area (TPSA) is 70.5 Å². The third kappa shape index (κ3) is 4.09. The number of nitrogens with zero attached hydrogens (tertiary/aromatic N) is 4. The molecule has 2 fully saturated rings. The van der Waals surface area contributed by atoms with E-state index in [1.165, 1.54) is 12.8 Å². The van der Waals surface area contributed by atoms with Crippen LogP contribution in [0.3, 0.4) is 0 Å². The van der Waals surface area contributed by atoms with Gasteiger partial charge in [-0.1, -0.05) is 26.0 Å². The number of aromatic nitrogens is 2. The molecule has 1 saturated heterocycles. The molecule has 2 amide bonds. The van der Waals surface area contributed by atoms with Crippen LogP contribution in [0, 0.1) is 11.3 Å². The lowest BCUT2D eigenvalue weighted by atomic mass is 9.94. The largest absolute Gasteiger partial charge is 0.339 e. The number of imidazole rings is 1. The predicted molar refractivity (Wildman–Crippen MR) is 114 cm³/mol. The summed E-state index contributed by atoms with van der Waals surface area (Å²) in [5.74, 6) is 1.40. The van der Waals surface area contributed by atoms with Crippen LogP contribution in [0.2, 0.25) is 0 Å². The van der Waals surface area contributed by atoms with E-state index in [0.717, 1.165) is 17.5 Å². The molecular weight excluding hydrogens is 366 g/mol. The van der Waals surface area contributed by atoms with Gasteiger partial charge in [-0.25, -0.2) is 14.3 Å². The molecule has 0 radical (unpaired) electrons. The van der Waals surface area contributed by atoms with Crippen molar-refractivity contribution in [2.75, 3.05) is 37.6 Å². The van der Waals surface area contributed by atoms with Gasteiger partial charge >= 0.3 is 6.03 Å². The first-order valence-corrected chi connectivity index (χ1v) is 10.6. The van der Waals surface area contributed by atoms with Crippen molar-refractivity contribution in [2.24, 2.45) is 11.3 Å². The minimum atomic E-state index is -0.113. The fraction of sp³-hybridized carbons (Fsp3) is 0.591. The van der Waals surface area contributed by atoms with Crippen molar-refractivity contribution in [3.05, 3.63) is 24.3 Å². The fourth-order valence-electron chi connectivity index (χ4n) is 4.49. The van der Waals surface area contributed by atoms with Crippen LogP contribution in [-0.2, 0) is 4.79 Å². The average Bonchev–Trinajstić information content (AvgIpc) is 3.34. The summed E-state index contributed by atoms with van der Waals surface area (Å²) < 4.78 is 1.71. The summed E-state index contributed by atoms with van der Waals surface area (Å²) in [6.45, 7) is 9.45. The maximum atomic E-state index is 13.2. The molecule has 1 saturated carbocycles. The SMILES string of the molecule is CC(=O)N1CCN(c2nc3ccccc3n2C(=O)NCC2(CC(C)C)CC2)CC1. The zero-order valence-electron chi connectivity index (χ0n) is 17.6. The lowest BCUT2D eigenvalue weighted by Crippen LogP contribution is -2.49. The fourth-order valence-corrected chi connectivity index (χ4v) is 4.49. The Labute approximate surface area is 172 Å². The van der Waals surface area contributed by atoms with Gasteiger partial charge in [-0.2, -0.15) is 0 Å². The number of nitrogens with one attached hydrogen (secondary N) is 1. The molecule has 2 aliphatic rings. The molecule has 7 heteroatoms. The van der Waals surface area contributed by atoms with E-state index in [9.17, 15) is 9.59 Å². The van der Waals surface area contributed by atoms with Crippen LogP contribution in [0.15, 0.2) is 24.3 Å². The number of benzene rings is 1. The molecule has 7 nitrogen and oxygen atoms in total. The molecule has 2 aromatic rings. The highest BCUT2D eigenvalue weighted by Gasteiger charge is 2.43. The standard InChI is InChI=1S/C22H31N5O2/c1-16(2)14-22(8-9-22)15-23-21(29)27-19-7-5-4-6-18(19)24-20(27)26-12-10-25(11-13-26)17(3)28/h4-7,16H,8-15H2,1-3H3,(H,23,29). The van der Waals surface area contributed by atoms with E-state index in [-0.39, 0.29) is 17.4 Å². The third-order valence-electron chi connectivity index (χ3n) is 6.17. The van der Waals surface area contributed by atoms with Crippen LogP contribution in [0.1, 0.15) is 40.0 Å². The molecule has 0 bridgehead atoms. The second-order valence-electron chi connectivity index (χ2n) is 8.99. The van der Waals surface area contributed by atoms with Gasteiger partial charge in [0.1, 0.15) is 0 Å². The molecule has 1 aliphatic carbocycles. The Bertz CT molecular complexity index is 907. The van der Waals surface area contributed by atoms with E-state index in [2.05, 4.69) is 24.1 Å². The number of para-hydroxylation sites is 2. The summed E-state index contributed by atoms with van der Waals surface area (Å²) in [6, 6.07) is 7.65. The molecular formula is C22H31N5O2. The highest BCUT2D eigenvalue weighted by molar-refractivity contribution is 5.93. The van der Waals surface area contributed by atoms with Crippen LogP contribution >= 0.6 is 0 Å². The Hall–Kier alpha value is -2.57. The van der Waals surface area contributed by atoms with Crippen molar-refractivity contribution in [3.63, 3.8) is 0 Å². The van der Waals surface area contributed by atoms with Gasteiger partial charge in [-0.05, 0) is 42.7 Å². The van der Waals surface area contributed by atoms with Crippen molar-refractivity contribution in [3.8, 4) is 0 Å². The van der Waals surface area contributed by atoms with Gasteiger partial charge in [0.15, 0.2) is 0 Å². The van der Waals surface area contributed by atoms with E-state index in [0.29, 0.717) is 44.6 Å². The highest BCUT2D eigenvalue weighted by atomic mass is 16.2. The summed E-state index contributed by atoms with van der Waals surface area (Å²) >= 11 is 0. The monoisotopic (exact) mass is 397 g/mol. The van der Waals surface area contributed by atoms with Crippen LogP contribution in [0.5, 0.6) is 0 Å². The number of amides is 2. The van der Waals surface area contributed by atoms with Gasteiger partial charge in [-0.3, -0.25) is 4.79 Å². The molecule has 0 atom stereocenters. The Kier molecular flexibility index (Phi) is 5.23. The summed E-state index contributed by atoms with van der Waals surface area (Å²) in [5, 5.41) is 3.18. The van der Waals surface area contributed by atoms with Crippen molar-refractivity contribution < 1.29 is 9.59 Å². The number of anilines is 1. The van der Waals surface area contributed by atoms with E-state index in [1.54, 1.807) is 11.5 Å². The van der Waals surface area contributed by atoms with Crippen molar-refractivity contribution >= 4 is 28.9 Å².